The molecule has 23 heavy (non-hydrogen) atoms. The van der Waals surface area contributed by atoms with Crippen LogP contribution in [0.25, 0.3) is 0 Å². The van der Waals surface area contributed by atoms with Crippen molar-refractivity contribution in [2.45, 2.75) is 32.2 Å². The minimum atomic E-state index is -0.116. The van der Waals surface area contributed by atoms with Crippen molar-refractivity contribution in [1.29, 1.82) is 0 Å². The summed E-state index contributed by atoms with van der Waals surface area (Å²) in [7, 11) is 3.68. The largest absolute Gasteiger partial charge is 0.383 e. The summed E-state index contributed by atoms with van der Waals surface area (Å²) in [6.45, 7) is 5.25. The standard InChI is InChI=1S/C17H28N4O2/c1-19-15(4-8-18-19)14-20-9-3-5-17(6-10-20)7-11-21(16(17)22)12-13-23-2/h4,8H,3,5-7,9-14H2,1-2H3. The van der Waals surface area contributed by atoms with Gasteiger partial charge in [-0.25, -0.2) is 0 Å². The number of hydrogen-bond acceptors (Lipinski definition) is 4. The van der Waals surface area contributed by atoms with Gasteiger partial charge in [0.2, 0.25) is 5.91 Å². The van der Waals surface area contributed by atoms with Gasteiger partial charge in [-0.15, -0.1) is 0 Å². The fourth-order valence-corrected chi connectivity index (χ4v) is 3.97. The van der Waals surface area contributed by atoms with Crippen LogP contribution in [0.1, 0.15) is 31.4 Å². The molecule has 1 aromatic rings. The van der Waals surface area contributed by atoms with Crippen LogP contribution in [0, 0.1) is 5.41 Å². The zero-order chi connectivity index (χ0) is 16.3. The number of rotatable bonds is 5. The van der Waals surface area contributed by atoms with Gasteiger partial charge in [-0.2, -0.15) is 5.10 Å². The summed E-state index contributed by atoms with van der Waals surface area (Å²) in [5.74, 6) is 0.358. The molecule has 3 heterocycles. The van der Waals surface area contributed by atoms with Crippen molar-refractivity contribution in [2.75, 3.05) is 39.9 Å². The van der Waals surface area contributed by atoms with Crippen molar-refractivity contribution in [3.63, 3.8) is 0 Å². The number of nitrogens with zero attached hydrogens (tertiary/aromatic N) is 4. The molecule has 6 heteroatoms. The topological polar surface area (TPSA) is 50.6 Å². The molecule has 2 saturated heterocycles. The van der Waals surface area contributed by atoms with Gasteiger partial charge in [0.1, 0.15) is 0 Å². The molecule has 2 fully saturated rings. The summed E-state index contributed by atoms with van der Waals surface area (Å²) in [6.07, 6.45) is 5.96. The molecule has 0 radical (unpaired) electrons. The van der Waals surface area contributed by atoms with Crippen LogP contribution in [0.2, 0.25) is 0 Å². The first-order chi connectivity index (χ1) is 11.1. The van der Waals surface area contributed by atoms with E-state index in [9.17, 15) is 4.79 Å². The number of carbonyl (C=O) groups excluding carboxylic acids is 1. The smallest absolute Gasteiger partial charge is 0.228 e. The number of carbonyl (C=O) groups is 1. The molecule has 0 aliphatic carbocycles. The number of likely N-dealkylation sites (tertiary alicyclic amines) is 2. The molecule has 1 aromatic heterocycles. The quantitative estimate of drug-likeness (QED) is 0.820. The summed E-state index contributed by atoms with van der Waals surface area (Å²) in [6, 6.07) is 2.08. The fourth-order valence-electron chi connectivity index (χ4n) is 3.97. The second-order valence-electron chi connectivity index (χ2n) is 6.89. The number of ether oxygens (including phenoxy) is 1. The van der Waals surface area contributed by atoms with E-state index in [1.54, 1.807) is 7.11 Å². The van der Waals surface area contributed by atoms with Crippen LogP contribution < -0.4 is 0 Å². The number of hydrogen-bond donors (Lipinski definition) is 0. The van der Waals surface area contributed by atoms with Gasteiger partial charge < -0.3 is 9.64 Å². The molecule has 0 aromatic carbocycles. The Kier molecular flexibility index (Phi) is 5.02. The number of amides is 1. The highest BCUT2D eigenvalue weighted by molar-refractivity contribution is 5.84. The van der Waals surface area contributed by atoms with Gasteiger partial charge in [0, 0.05) is 40.0 Å². The molecule has 1 unspecified atom stereocenters. The van der Waals surface area contributed by atoms with Gasteiger partial charge in [-0.3, -0.25) is 14.4 Å². The lowest BCUT2D eigenvalue weighted by atomic mass is 9.79. The van der Waals surface area contributed by atoms with Crippen LogP contribution in [0.3, 0.4) is 0 Å². The lowest BCUT2D eigenvalue weighted by Crippen LogP contribution is -2.37. The Bertz CT molecular complexity index is 544. The highest BCUT2D eigenvalue weighted by Gasteiger charge is 2.46. The predicted octanol–water partition coefficient (Wildman–Crippen LogP) is 1.27. The van der Waals surface area contributed by atoms with Crippen molar-refractivity contribution in [3.05, 3.63) is 18.0 Å². The van der Waals surface area contributed by atoms with Crippen molar-refractivity contribution < 1.29 is 9.53 Å². The second-order valence-corrected chi connectivity index (χ2v) is 6.89. The van der Waals surface area contributed by atoms with E-state index in [0.717, 1.165) is 58.4 Å². The maximum atomic E-state index is 12.9. The molecule has 2 aliphatic rings. The Morgan fingerprint density at radius 3 is 2.83 bits per heavy atom. The van der Waals surface area contributed by atoms with Gasteiger partial charge in [0.15, 0.2) is 0 Å². The van der Waals surface area contributed by atoms with Gasteiger partial charge >= 0.3 is 0 Å². The molecule has 128 valence electrons. The lowest BCUT2D eigenvalue weighted by Gasteiger charge is -2.26. The third-order valence-corrected chi connectivity index (χ3v) is 5.51. The summed E-state index contributed by atoms with van der Waals surface area (Å²) in [4.78, 5) is 17.3. The summed E-state index contributed by atoms with van der Waals surface area (Å²) in [5.41, 5.74) is 1.12. The van der Waals surface area contributed by atoms with Crippen molar-refractivity contribution in [1.82, 2.24) is 19.6 Å². The highest BCUT2D eigenvalue weighted by atomic mass is 16.5. The maximum absolute atomic E-state index is 12.9. The molecule has 0 bridgehead atoms. The monoisotopic (exact) mass is 320 g/mol. The van der Waals surface area contributed by atoms with Crippen LogP contribution in [0.5, 0.6) is 0 Å². The third-order valence-electron chi connectivity index (χ3n) is 5.51. The van der Waals surface area contributed by atoms with Gasteiger partial charge in [0.05, 0.1) is 17.7 Å². The van der Waals surface area contributed by atoms with Crippen LogP contribution in [0.4, 0.5) is 0 Å². The Balaban J connectivity index is 1.60. The van der Waals surface area contributed by atoms with E-state index >= 15 is 0 Å². The van der Waals surface area contributed by atoms with E-state index in [0.29, 0.717) is 12.5 Å². The fraction of sp³-hybridized carbons (Fsp3) is 0.765. The molecule has 1 spiro atoms. The number of aromatic nitrogens is 2. The molecule has 0 N–H and O–H groups in total. The highest BCUT2D eigenvalue weighted by Crippen LogP contribution is 2.41. The van der Waals surface area contributed by atoms with Crippen molar-refractivity contribution in [3.8, 4) is 0 Å². The van der Waals surface area contributed by atoms with Crippen LogP contribution in [-0.4, -0.2) is 65.4 Å². The molecule has 1 atom stereocenters. The average Bonchev–Trinajstić information content (AvgIpc) is 2.99. The van der Waals surface area contributed by atoms with E-state index < -0.39 is 0 Å². The first-order valence-electron chi connectivity index (χ1n) is 8.62. The van der Waals surface area contributed by atoms with E-state index in [2.05, 4.69) is 16.1 Å². The van der Waals surface area contributed by atoms with Crippen LogP contribution in [0.15, 0.2) is 12.3 Å². The van der Waals surface area contributed by atoms with E-state index in [-0.39, 0.29) is 5.41 Å². The Hall–Kier alpha value is -1.40. The Morgan fingerprint density at radius 1 is 1.26 bits per heavy atom. The summed E-state index contributed by atoms with van der Waals surface area (Å²) < 4.78 is 7.07. The minimum Gasteiger partial charge on any atom is -0.383 e. The predicted molar refractivity (Wildman–Crippen MR) is 87.8 cm³/mol. The van der Waals surface area contributed by atoms with Gasteiger partial charge in [0.25, 0.3) is 0 Å². The van der Waals surface area contributed by atoms with Gasteiger partial charge in [-0.1, -0.05) is 0 Å². The first kappa shape index (κ1) is 16.5. The molecule has 6 nitrogen and oxygen atoms in total. The molecular weight excluding hydrogens is 292 g/mol. The first-order valence-corrected chi connectivity index (χ1v) is 8.62. The normalized spacial score (nSPS) is 26.2. The number of methoxy groups -OCH3 is 1. The van der Waals surface area contributed by atoms with E-state index in [4.69, 9.17) is 4.74 Å². The van der Waals surface area contributed by atoms with Crippen LogP contribution in [-0.2, 0) is 23.1 Å². The lowest BCUT2D eigenvalue weighted by molar-refractivity contribution is -0.137. The van der Waals surface area contributed by atoms with Crippen molar-refractivity contribution >= 4 is 5.91 Å². The SMILES string of the molecule is COCCN1CCC2(CCCN(Cc3ccnn3C)CC2)C1=O. The Morgan fingerprint density at radius 2 is 2.09 bits per heavy atom. The average molecular weight is 320 g/mol. The summed E-state index contributed by atoms with van der Waals surface area (Å²) in [5, 5.41) is 4.24. The van der Waals surface area contributed by atoms with Crippen molar-refractivity contribution in [2.24, 2.45) is 12.5 Å². The van der Waals surface area contributed by atoms with E-state index in [1.165, 1.54) is 5.69 Å². The maximum Gasteiger partial charge on any atom is 0.228 e. The van der Waals surface area contributed by atoms with E-state index in [1.807, 2.05) is 22.8 Å². The molecule has 2 aliphatic heterocycles. The third kappa shape index (κ3) is 3.43. The molecule has 1 amide bonds. The van der Waals surface area contributed by atoms with Crippen LogP contribution >= 0.6 is 0 Å². The number of aryl methyl sites for hydroxylation is 1. The zero-order valence-electron chi connectivity index (χ0n) is 14.3. The summed E-state index contributed by atoms with van der Waals surface area (Å²) >= 11 is 0. The molecule has 3 rings (SSSR count). The minimum absolute atomic E-state index is 0.116. The van der Waals surface area contributed by atoms with Gasteiger partial charge in [-0.05, 0) is 44.8 Å². The molecule has 0 saturated carbocycles. The molecular formula is C17H28N4O2. The second kappa shape index (κ2) is 7.01. The zero-order valence-corrected chi connectivity index (χ0v) is 14.3. The Labute approximate surface area is 138 Å².